The van der Waals surface area contributed by atoms with Crippen LogP contribution in [0.4, 0.5) is 0 Å². The summed E-state index contributed by atoms with van der Waals surface area (Å²) >= 11 is 1.48. The number of thiazole rings is 1. The van der Waals surface area contributed by atoms with Crippen molar-refractivity contribution in [1.29, 1.82) is 0 Å². The van der Waals surface area contributed by atoms with E-state index in [1.165, 1.54) is 16.2 Å². The maximum Gasteiger partial charge on any atom is 0.236 e. The first-order valence-electron chi connectivity index (χ1n) is 5.56. The fourth-order valence-electron chi connectivity index (χ4n) is 1.60. The van der Waals surface area contributed by atoms with E-state index in [0.29, 0.717) is 13.0 Å². The van der Waals surface area contributed by atoms with E-state index in [0.717, 1.165) is 5.69 Å². The van der Waals surface area contributed by atoms with Gasteiger partial charge in [0, 0.05) is 12.4 Å². The van der Waals surface area contributed by atoms with Crippen LogP contribution in [-0.4, -0.2) is 33.9 Å². The Kier molecular flexibility index (Phi) is 4.66. The molecule has 7 heteroatoms. The van der Waals surface area contributed by atoms with E-state index >= 15 is 0 Å². The molecule has 0 bridgehead atoms. The van der Waals surface area contributed by atoms with E-state index < -0.39 is 5.41 Å². The first kappa shape index (κ1) is 14.4. The summed E-state index contributed by atoms with van der Waals surface area (Å²) < 4.78 is 0. The third-order valence-electron chi connectivity index (χ3n) is 3.08. The van der Waals surface area contributed by atoms with Gasteiger partial charge >= 0.3 is 0 Å². The highest BCUT2D eigenvalue weighted by atomic mass is 32.1. The minimum Gasteiger partial charge on any atom is -0.409 e. The minimum atomic E-state index is -0.987. The van der Waals surface area contributed by atoms with Crippen LogP contribution in [0.25, 0.3) is 0 Å². The molecule has 0 saturated carbocycles. The summed E-state index contributed by atoms with van der Waals surface area (Å²) in [5.41, 5.74) is 7.17. The average Bonchev–Trinajstić information content (AvgIpc) is 2.88. The van der Waals surface area contributed by atoms with Crippen molar-refractivity contribution in [2.75, 3.05) is 7.05 Å². The lowest BCUT2D eigenvalue weighted by Gasteiger charge is -2.30. The van der Waals surface area contributed by atoms with Crippen molar-refractivity contribution in [3.63, 3.8) is 0 Å². The Morgan fingerprint density at radius 1 is 1.72 bits per heavy atom. The van der Waals surface area contributed by atoms with E-state index in [1.807, 2.05) is 12.3 Å². The van der Waals surface area contributed by atoms with Gasteiger partial charge in [0.05, 0.1) is 17.7 Å². The van der Waals surface area contributed by atoms with Gasteiger partial charge in [0.15, 0.2) is 5.84 Å². The van der Waals surface area contributed by atoms with Crippen LogP contribution >= 0.6 is 11.3 Å². The number of rotatable bonds is 5. The fraction of sp³-hybridized carbons (Fsp3) is 0.545. The van der Waals surface area contributed by atoms with Crippen LogP contribution in [0.1, 0.15) is 26.0 Å². The second kappa shape index (κ2) is 5.81. The second-order valence-electron chi connectivity index (χ2n) is 4.31. The number of oxime groups is 1. The van der Waals surface area contributed by atoms with Crippen LogP contribution in [0.3, 0.4) is 0 Å². The molecule has 1 amide bonds. The number of hydrogen-bond acceptors (Lipinski definition) is 5. The molecule has 18 heavy (non-hydrogen) atoms. The Labute approximate surface area is 110 Å². The van der Waals surface area contributed by atoms with E-state index in [2.05, 4.69) is 10.1 Å². The fourth-order valence-corrected chi connectivity index (χ4v) is 2.15. The van der Waals surface area contributed by atoms with Crippen molar-refractivity contribution in [1.82, 2.24) is 9.88 Å². The van der Waals surface area contributed by atoms with Crippen LogP contribution in [0.15, 0.2) is 16.0 Å². The standard InChI is InChI=1S/C11H18N4O2S/c1-4-11(2,9(12)14-17)10(16)15(3)5-8-6-18-7-13-8/h6-7,17H,4-5H2,1-3H3,(H2,12,14). The molecule has 1 unspecified atom stereocenters. The molecule has 3 N–H and O–H groups in total. The molecule has 0 spiro atoms. The maximum atomic E-state index is 12.4. The molecule has 100 valence electrons. The van der Waals surface area contributed by atoms with Gasteiger partial charge in [-0.05, 0) is 13.3 Å². The molecule has 1 aromatic rings. The van der Waals surface area contributed by atoms with Gasteiger partial charge in [-0.1, -0.05) is 12.1 Å². The van der Waals surface area contributed by atoms with Crippen LogP contribution < -0.4 is 5.73 Å². The Morgan fingerprint density at radius 2 is 2.39 bits per heavy atom. The van der Waals surface area contributed by atoms with Crippen molar-refractivity contribution in [3.8, 4) is 0 Å². The van der Waals surface area contributed by atoms with Crippen molar-refractivity contribution >= 4 is 23.1 Å². The Bertz CT molecular complexity index is 432. The van der Waals surface area contributed by atoms with Crippen LogP contribution in [0.2, 0.25) is 0 Å². The van der Waals surface area contributed by atoms with Gasteiger partial charge < -0.3 is 15.8 Å². The lowest BCUT2D eigenvalue weighted by molar-refractivity contribution is -0.137. The largest absolute Gasteiger partial charge is 0.409 e. The van der Waals surface area contributed by atoms with Gasteiger partial charge in [0.2, 0.25) is 5.91 Å². The highest BCUT2D eigenvalue weighted by molar-refractivity contribution is 7.07. The summed E-state index contributed by atoms with van der Waals surface area (Å²) in [6, 6.07) is 0. The first-order chi connectivity index (χ1) is 8.45. The summed E-state index contributed by atoms with van der Waals surface area (Å²) in [7, 11) is 1.68. The zero-order chi connectivity index (χ0) is 13.8. The Hall–Kier alpha value is -1.63. The Balaban J connectivity index is 2.84. The van der Waals surface area contributed by atoms with Crippen molar-refractivity contribution < 1.29 is 10.0 Å². The molecule has 1 aromatic heterocycles. The zero-order valence-electron chi connectivity index (χ0n) is 10.8. The van der Waals surface area contributed by atoms with Crippen LogP contribution in [0, 0.1) is 5.41 Å². The van der Waals surface area contributed by atoms with Crippen molar-refractivity contribution in [3.05, 3.63) is 16.6 Å². The van der Waals surface area contributed by atoms with Gasteiger partial charge in [-0.2, -0.15) is 0 Å². The molecule has 0 aliphatic heterocycles. The van der Waals surface area contributed by atoms with Gasteiger partial charge in [0.25, 0.3) is 0 Å². The number of amides is 1. The molecular weight excluding hydrogens is 252 g/mol. The summed E-state index contributed by atoms with van der Waals surface area (Å²) in [5.74, 6) is -0.256. The van der Waals surface area contributed by atoms with Crippen LogP contribution in [-0.2, 0) is 11.3 Å². The molecule has 1 heterocycles. The lowest BCUT2D eigenvalue weighted by atomic mass is 9.84. The van der Waals surface area contributed by atoms with E-state index in [4.69, 9.17) is 10.9 Å². The Morgan fingerprint density at radius 3 is 2.83 bits per heavy atom. The SMILES string of the molecule is CCC(C)(C(=O)N(C)Cc1cscn1)C(N)=NO. The third kappa shape index (κ3) is 2.79. The number of hydrogen-bond donors (Lipinski definition) is 2. The lowest BCUT2D eigenvalue weighted by Crippen LogP contribution is -2.48. The number of aromatic nitrogens is 1. The van der Waals surface area contributed by atoms with E-state index in [1.54, 1.807) is 19.5 Å². The smallest absolute Gasteiger partial charge is 0.236 e. The molecule has 0 aliphatic rings. The molecular formula is C11H18N4O2S. The molecule has 0 radical (unpaired) electrons. The van der Waals surface area contributed by atoms with Gasteiger partial charge in [-0.3, -0.25) is 4.79 Å². The topological polar surface area (TPSA) is 91.8 Å². The molecule has 0 fully saturated rings. The van der Waals surface area contributed by atoms with Gasteiger partial charge in [-0.15, -0.1) is 11.3 Å². The second-order valence-corrected chi connectivity index (χ2v) is 5.03. The number of amidine groups is 1. The summed E-state index contributed by atoms with van der Waals surface area (Å²) in [4.78, 5) is 18.0. The summed E-state index contributed by atoms with van der Waals surface area (Å²) in [6.07, 6.45) is 0.461. The van der Waals surface area contributed by atoms with E-state index in [-0.39, 0.29) is 11.7 Å². The summed E-state index contributed by atoms with van der Waals surface area (Å²) in [6.45, 7) is 3.91. The normalized spacial score (nSPS) is 15.2. The molecule has 1 rings (SSSR count). The highest BCUT2D eigenvalue weighted by Crippen LogP contribution is 2.24. The first-order valence-corrected chi connectivity index (χ1v) is 6.50. The summed E-state index contributed by atoms with van der Waals surface area (Å²) in [5, 5.41) is 13.6. The molecule has 0 aliphatic carbocycles. The van der Waals surface area contributed by atoms with Gasteiger partial charge in [-0.25, -0.2) is 4.98 Å². The number of carbonyl (C=O) groups excluding carboxylic acids is 1. The molecule has 6 nitrogen and oxygen atoms in total. The number of nitrogens with zero attached hydrogens (tertiary/aromatic N) is 3. The quantitative estimate of drug-likeness (QED) is 0.365. The van der Waals surface area contributed by atoms with Crippen LogP contribution in [0.5, 0.6) is 0 Å². The highest BCUT2D eigenvalue weighted by Gasteiger charge is 2.38. The average molecular weight is 270 g/mol. The van der Waals surface area contributed by atoms with Crippen molar-refractivity contribution in [2.45, 2.75) is 26.8 Å². The van der Waals surface area contributed by atoms with Crippen molar-refractivity contribution in [2.24, 2.45) is 16.3 Å². The number of nitrogens with two attached hydrogens (primary N) is 1. The third-order valence-corrected chi connectivity index (χ3v) is 3.72. The number of carbonyl (C=O) groups is 1. The predicted molar refractivity (Wildman–Crippen MR) is 70.4 cm³/mol. The predicted octanol–water partition coefficient (Wildman–Crippen LogP) is 1.26. The molecule has 0 aromatic carbocycles. The van der Waals surface area contributed by atoms with E-state index in [9.17, 15) is 4.79 Å². The minimum absolute atomic E-state index is 0.0693. The molecule has 1 atom stereocenters. The maximum absolute atomic E-state index is 12.4. The van der Waals surface area contributed by atoms with Gasteiger partial charge in [0.1, 0.15) is 5.41 Å². The molecule has 0 saturated heterocycles. The monoisotopic (exact) mass is 270 g/mol. The zero-order valence-corrected chi connectivity index (χ0v) is 11.6.